The summed E-state index contributed by atoms with van der Waals surface area (Å²) in [5.41, 5.74) is 1.66. The molecule has 2 aromatic heterocycles. The molecule has 1 aliphatic carbocycles. The maximum Gasteiger partial charge on any atom is 0.200 e. The molecule has 0 saturated heterocycles. The lowest BCUT2D eigenvalue weighted by atomic mass is 10.1. The second kappa shape index (κ2) is 8.57. The molecule has 29 heavy (non-hydrogen) atoms. The van der Waals surface area contributed by atoms with Crippen LogP contribution < -0.4 is 4.74 Å². The maximum atomic E-state index is 14.1. The number of aromatic nitrogens is 4. The van der Waals surface area contributed by atoms with Gasteiger partial charge in [0.05, 0.1) is 6.61 Å². The number of benzene rings is 1. The molecule has 2 atom stereocenters. The van der Waals surface area contributed by atoms with Gasteiger partial charge < -0.3 is 9.47 Å². The van der Waals surface area contributed by atoms with Crippen LogP contribution in [-0.4, -0.2) is 40.3 Å². The number of ether oxygens (including phenoxy) is 2. The quantitative estimate of drug-likeness (QED) is 0.536. The van der Waals surface area contributed by atoms with E-state index in [4.69, 9.17) is 9.47 Å². The van der Waals surface area contributed by atoms with Crippen molar-refractivity contribution in [3.8, 4) is 17.4 Å². The van der Waals surface area contributed by atoms with Crippen molar-refractivity contribution in [2.24, 2.45) is 0 Å². The van der Waals surface area contributed by atoms with Gasteiger partial charge in [-0.1, -0.05) is 0 Å². The zero-order chi connectivity index (χ0) is 20.2. The first-order valence-corrected chi connectivity index (χ1v) is 9.37. The minimum absolute atomic E-state index is 0.0606. The first kappa shape index (κ1) is 19.3. The van der Waals surface area contributed by atoms with Crippen molar-refractivity contribution in [1.82, 2.24) is 19.9 Å². The predicted molar refractivity (Wildman–Crippen MR) is 102 cm³/mol. The third-order valence-corrected chi connectivity index (χ3v) is 4.85. The van der Waals surface area contributed by atoms with E-state index in [-0.39, 0.29) is 24.2 Å². The molecular formula is C21H20F2N4O2. The van der Waals surface area contributed by atoms with Crippen molar-refractivity contribution in [1.29, 1.82) is 0 Å². The lowest BCUT2D eigenvalue weighted by Crippen LogP contribution is -2.04. The maximum absolute atomic E-state index is 14.1. The molecule has 0 bridgehead atoms. The minimum atomic E-state index is -0.959. The van der Waals surface area contributed by atoms with Gasteiger partial charge in [0.1, 0.15) is 0 Å². The second-order valence-corrected chi connectivity index (χ2v) is 6.87. The molecule has 1 fully saturated rings. The van der Waals surface area contributed by atoms with Gasteiger partial charge in [-0.2, -0.15) is 4.39 Å². The van der Waals surface area contributed by atoms with Crippen LogP contribution in [0.4, 0.5) is 8.78 Å². The van der Waals surface area contributed by atoms with Crippen molar-refractivity contribution in [2.75, 3.05) is 20.3 Å². The normalized spacial score (nSPS) is 17.9. The minimum Gasteiger partial charge on any atom is -0.490 e. The Bertz CT molecular complexity index is 970. The highest BCUT2D eigenvalue weighted by Gasteiger charge is 2.40. The van der Waals surface area contributed by atoms with Crippen LogP contribution in [0, 0.1) is 11.6 Å². The fourth-order valence-corrected chi connectivity index (χ4v) is 3.28. The average Bonchev–Trinajstić information content (AvgIpc) is 3.56. The highest BCUT2D eigenvalue weighted by Crippen LogP contribution is 2.55. The summed E-state index contributed by atoms with van der Waals surface area (Å²) >= 11 is 0. The van der Waals surface area contributed by atoms with Crippen molar-refractivity contribution >= 4 is 0 Å². The Labute approximate surface area is 167 Å². The third kappa shape index (κ3) is 4.37. The van der Waals surface area contributed by atoms with Gasteiger partial charge in [0.25, 0.3) is 0 Å². The zero-order valence-corrected chi connectivity index (χ0v) is 15.9. The van der Waals surface area contributed by atoms with Crippen LogP contribution in [-0.2, 0) is 4.74 Å². The Morgan fingerprint density at radius 1 is 0.931 bits per heavy atom. The predicted octanol–water partition coefficient (Wildman–Crippen LogP) is 3.90. The Balaban J connectivity index is 1.46. The molecule has 0 radical (unpaired) electrons. The molecular weight excluding hydrogens is 378 g/mol. The van der Waals surface area contributed by atoms with Gasteiger partial charge in [0.15, 0.2) is 23.2 Å². The van der Waals surface area contributed by atoms with Gasteiger partial charge in [-0.15, -0.1) is 0 Å². The van der Waals surface area contributed by atoms with Crippen LogP contribution in [0.15, 0.2) is 43.0 Å². The van der Waals surface area contributed by atoms with Crippen molar-refractivity contribution in [3.05, 3.63) is 65.7 Å². The molecule has 2 unspecified atom stereocenters. The molecule has 0 aliphatic heterocycles. The molecule has 1 aliphatic rings. The van der Waals surface area contributed by atoms with E-state index < -0.39 is 11.6 Å². The number of halogens is 2. The van der Waals surface area contributed by atoms with Crippen molar-refractivity contribution in [2.45, 2.75) is 24.7 Å². The number of methoxy groups -OCH3 is 1. The first-order valence-electron chi connectivity index (χ1n) is 9.37. The Hall–Kier alpha value is -3.00. The van der Waals surface area contributed by atoms with Gasteiger partial charge in [-0.25, -0.2) is 24.3 Å². The highest BCUT2D eigenvalue weighted by molar-refractivity contribution is 5.44. The summed E-state index contributed by atoms with van der Waals surface area (Å²) in [5, 5.41) is 0. The molecule has 0 spiro atoms. The van der Waals surface area contributed by atoms with E-state index in [1.54, 1.807) is 44.0 Å². The summed E-state index contributed by atoms with van der Waals surface area (Å²) in [7, 11) is 1.58. The van der Waals surface area contributed by atoms with Crippen LogP contribution >= 0.6 is 0 Å². The molecule has 150 valence electrons. The van der Waals surface area contributed by atoms with Gasteiger partial charge in [-0.3, -0.25) is 0 Å². The molecule has 0 amide bonds. The van der Waals surface area contributed by atoms with Crippen LogP contribution in [0.5, 0.6) is 5.75 Å². The van der Waals surface area contributed by atoms with Gasteiger partial charge in [0.2, 0.25) is 5.82 Å². The molecule has 1 aromatic carbocycles. The van der Waals surface area contributed by atoms with E-state index in [0.717, 1.165) is 12.0 Å². The van der Waals surface area contributed by atoms with Crippen molar-refractivity contribution in [3.63, 3.8) is 0 Å². The summed E-state index contributed by atoms with van der Waals surface area (Å²) in [6.07, 6.45) is 8.17. The fraction of sp³-hybridized carbons (Fsp3) is 0.333. The van der Waals surface area contributed by atoms with E-state index in [1.807, 2.05) is 0 Å². The zero-order valence-electron chi connectivity index (χ0n) is 15.9. The standard InChI is InChI=1S/C21H20F2N4O2/c1-28-6-3-7-29-18-9-13(8-17(22)19(18)23)15-10-16(15)14-11-26-21(27-12-14)20-24-4-2-5-25-20/h2,4-5,8-9,11-12,15-16H,3,6-7,10H2,1H3. The summed E-state index contributed by atoms with van der Waals surface area (Å²) in [4.78, 5) is 16.9. The van der Waals surface area contributed by atoms with E-state index in [9.17, 15) is 8.78 Å². The molecule has 0 N–H and O–H groups in total. The van der Waals surface area contributed by atoms with Crippen LogP contribution in [0.25, 0.3) is 11.6 Å². The monoisotopic (exact) mass is 398 g/mol. The second-order valence-electron chi connectivity index (χ2n) is 6.87. The fourth-order valence-electron chi connectivity index (χ4n) is 3.28. The summed E-state index contributed by atoms with van der Waals surface area (Å²) in [5.74, 6) is -0.773. The molecule has 4 rings (SSSR count). The molecule has 1 saturated carbocycles. The first-order chi connectivity index (χ1) is 14.2. The highest BCUT2D eigenvalue weighted by atomic mass is 19.2. The van der Waals surface area contributed by atoms with Gasteiger partial charge in [0, 0.05) is 44.9 Å². The number of rotatable bonds is 8. The SMILES string of the molecule is COCCCOc1cc(C2CC2c2cnc(-c3ncccn3)nc2)cc(F)c1F. The smallest absolute Gasteiger partial charge is 0.200 e. The Kier molecular flexibility index (Phi) is 5.71. The van der Waals surface area contributed by atoms with Crippen LogP contribution in [0.3, 0.4) is 0 Å². The third-order valence-electron chi connectivity index (χ3n) is 4.85. The van der Waals surface area contributed by atoms with Gasteiger partial charge >= 0.3 is 0 Å². The van der Waals surface area contributed by atoms with E-state index >= 15 is 0 Å². The lowest BCUT2D eigenvalue weighted by molar-refractivity contribution is 0.170. The van der Waals surface area contributed by atoms with Crippen LogP contribution in [0.1, 0.15) is 35.8 Å². The number of hydrogen-bond donors (Lipinski definition) is 0. The molecule has 8 heteroatoms. The Morgan fingerprint density at radius 2 is 1.62 bits per heavy atom. The van der Waals surface area contributed by atoms with Gasteiger partial charge in [-0.05, 0) is 47.6 Å². The summed E-state index contributed by atoms with van der Waals surface area (Å²) in [6.45, 7) is 0.761. The average molecular weight is 398 g/mol. The topological polar surface area (TPSA) is 70.0 Å². The summed E-state index contributed by atoms with van der Waals surface area (Å²) < 4.78 is 38.4. The molecule has 2 heterocycles. The largest absolute Gasteiger partial charge is 0.490 e. The van der Waals surface area contributed by atoms with E-state index in [1.165, 1.54) is 6.07 Å². The summed E-state index contributed by atoms with van der Waals surface area (Å²) in [6, 6.07) is 4.56. The van der Waals surface area contributed by atoms with Crippen molar-refractivity contribution < 1.29 is 18.3 Å². The van der Waals surface area contributed by atoms with E-state index in [0.29, 0.717) is 30.2 Å². The number of nitrogens with zero attached hydrogens (tertiary/aromatic N) is 4. The Morgan fingerprint density at radius 3 is 2.34 bits per heavy atom. The van der Waals surface area contributed by atoms with Crippen LogP contribution in [0.2, 0.25) is 0 Å². The molecule has 3 aromatic rings. The van der Waals surface area contributed by atoms with E-state index in [2.05, 4.69) is 19.9 Å². The molecule has 6 nitrogen and oxygen atoms in total. The number of hydrogen-bond acceptors (Lipinski definition) is 6. The lowest BCUT2D eigenvalue weighted by Gasteiger charge is -2.10.